The zero-order chi connectivity index (χ0) is 12.6. The average molecular weight is 249 g/mol. The maximum absolute atomic E-state index is 6.35. The van der Waals surface area contributed by atoms with Crippen LogP contribution >= 0.6 is 11.3 Å². The molecule has 1 unspecified atom stereocenters. The van der Waals surface area contributed by atoms with Gasteiger partial charge in [-0.1, -0.05) is 6.92 Å². The molecule has 0 saturated heterocycles. The van der Waals surface area contributed by atoms with Gasteiger partial charge in [0.25, 0.3) is 0 Å². The molecule has 0 aliphatic rings. The third-order valence-corrected chi connectivity index (χ3v) is 4.58. The van der Waals surface area contributed by atoms with Gasteiger partial charge in [-0.2, -0.15) is 0 Å². The summed E-state index contributed by atoms with van der Waals surface area (Å²) in [5, 5.41) is 0. The number of rotatable bonds is 3. The highest BCUT2D eigenvalue weighted by atomic mass is 32.1. The molecule has 17 heavy (non-hydrogen) atoms. The van der Waals surface area contributed by atoms with Crippen LogP contribution in [0.15, 0.2) is 16.5 Å². The van der Waals surface area contributed by atoms with E-state index in [1.54, 1.807) is 11.3 Å². The Labute approximate surface area is 106 Å². The van der Waals surface area contributed by atoms with Crippen LogP contribution in [0.3, 0.4) is 0 Å². The van der Waals surface area contributed by atoms with Crippen LogP contribution in [0.1, 0.15) is 45.4 Å². The van der Waals surface area contributed by atoms with E-state index in [4.69, 9.17) is 10.2 Å². The summed E-state index contributed by atoms with van der Waals surface area (Å²) in [6, 6.07) is 4.24. The first kappa shape index (κ1) is 12.4. The van der Waals surface area contributed by atoms with Crippen molar-refractivity contribution < 1.29 is 4.42 Å². The first-order valence-corrected chi connectivity index (χ1v) is 6.77. The van der Waals surface area contributed by atoms with Crippen molar-refractivity contribution in [2.75, 3.05) is 0 Å². The number of nitrogens with two attached hydrogens (primary N) is 1. The summed E-state index contributed by atoms with van der Waals surface area (Å²) in [5.74, 6) is 1.92. The zero-order valence-electron chi connectivity index (χ0n) is 10.8. The van der Waals surface area contributed by atoms with E-state index in [-0.39, 0.29) is 6.04 Å². The van der Waals surface area contributed by atoms with Crippen molar-refractivity contribution in [3.63, 3.8) is 0 Å². The molecule has 0 spiro atoms. The molecule has 0 saturated carbocycles. The van der Waals surface area contributed by atoms with Gasteiger partial charge in [-0.15, -0.1) is 11.3 Å². The van der Waals surface area contributed by atoms with E-state index in [1.807, 2.05) is 13.8 Å². The number of furan rings is 1. The van der Waals surface area contributed by atoms with Crippen LogP contribution in [0.25, 0.3) is 0 Å². The Hall–Kier alpha value is -1.06. The Balaban J connectivity index is 2.39. The van der Waals surface area contributed by atoms with E-state index in [0.717, 1.165) is 23.5 Å². The molecule has 3 heteroatoms. The van der Waals surface area contributed by atoms with Gasteiger partial charge < -0.3 is 10.2 Å². The molecule has 2 aromatic rings. The van der Waals surface area contributed by atoms with E-state index < -0.39 is 0 Å². The van der Waals surface area contributed by atoms with Crippen molar-refractivity contribution >= 4 is 11.3 Å². The number of hydrogen-bond acceptors (Lipinski definition) is 3. The van der Waals surface area contributed by atoms with Crippen LogP contribution in [-0.4, -0.2) is 0 Å². The molecular weight excluding hydrogens is 230 g/mol. The van der Waals surface area contributed by atoms with Crippen molar-refractivity contribution in [3.05, 3.63) is 44.5 Å². The molecule has 0 aliphatic carbocycles. The molecule has 2 N–H and O–H groups in total. The molecule has 2 aromatic heterocycles. The van der Waals surface area contributed by atoms with Crippen molar-refractivity contribution in [3.8, 4) is 0 Å². The third-order valence-electron chi connectivity index (χ3n) is 3.27. The molecule has 2 nitrogen and oxygen atoms in total. The Bertz CT molecular complexity index is 524. The van der Waals surface area contributed by atoms with Gasteiger partial charge in [0.2, 0.25) is 0 Å². The predicted octanol–water partition coefficient (Wildman–Crippen LogP) is 3.88. The minimum Gasteiger partial charge on any atom is -0.466 e. The fraction of sp³-hybridized carbons (Fsp3) is 0.429. The van der Waals surface area contributed by atoms with E-state index in [1.165, 1.54) is 15.3 Å². The van der Waals surface area contributed by atoms with Crippen LogP contribution in [0.4, 0.5) is 0 Å². The van der Waals surface area contributed by atoms with E-state index in [0.29, 0.717) is 0 Å². The Morgan fingerprint density at radius 1 is 1.24 bits per heavy atom. The molecule has 2 heterocycles. The van der Waals surface area contributed by atoms with Crippen LogP contribution < -0.4 is 5.73 Å². The molecule has 0 aromatic carbocycles. The van der Waals surface area contributed by atoms with Crippen molar-refractivity contribution in [1.82, 2.24) is 0 Å². The summed E-state index contributed by atoms with van der Waals surface area (Å²) in [7, 11) is 0. The fourth-order valence-corrected chi connectivity index (χ4v) is 3.13. The highest BCUT2D eigenvalue weighted by Crippen LogP contribution is 2.33. The Kier molecular flexibility index (Phi) is 3.40. The molecular formula is C14H19NOS. The monoisotopic (exact) mass is 249 g/mol. The highest BCUT2D eigenvalue weighted by molar-refractivity contribution is 7.12. The maximum atomic E-state index is 6.35. The lowest BCUT2D eigenvalue weighted by Gasteiger charge is -2.10. The van der Waals surface area contributed by atoms with E-state index in [9.17, 15) is 0 Å². The normalized spacial score (nSPS) is 13.0. The molecule has 1 atom stereocenters. The largest absolute Gasteiger partial charge is 0.466 e. The van der Waals surface area contributed by atoms with Crippen molar-refractivity contribution in [2.45, 2.75) is 40.2 Å². The van der Waals surface area contributed by atoms with Gasteiger partial charge in [-0.05, 0) is 44.9 Å². The van der Waals surface area contributed by atoms with Crippen molar-refractivity contribution in [1.29, 1.82) is 0 Å². The lowest BCUT2D eigenvalue weighted by Crippen LogP contribution is -2.11. The first-order chi connectivity index (χ1) is 8.04. The SMILES string of the molecule is CCc1ccc(C(N)c2c(C)oc(C)c2C)s1. The lowest BCUT2D eigenvalue weighted by atomic mass is 10.0. The lowest BCUT2D eigenvalue weighted by molar-refractivity contribution is 0.498. The minimum atomic E-state index is -0.0576. The molecule has 0 fully saturated rings. The van der Waals surface area contributed by atoms with Crippen LogP contribution in [-0.2, 0) is 6.42 Å². The summed E-state index contributed by atoms with van der Waals surface area (Å²) in [4.78, 5) is 2.60. The van der Waals surface area contributed by atoms with E-state index >= 15 is 0 Å². The van der Waals surface area contributed by atoms with Gasteiger partial charge >= 0.3 is 0 Å². The van der Waals surface area contributed by atoms with Crippen molar-refractivity contribution in [2.24, 2.45) is 5.73 Å². The number of aryl methyl sites for hydroxylation is 3. The van der Waals surface area contributed by atoms with Gasteiger partial charge in [0, 0.05) is 15.3 Å². The van der Waals surface area contributed by atoms with Gasteiger partial charge in [-0.25, -0.2) is 0 Å². The quantitative estimate of drug-likeness (QED) is 0.896. The summed E-state index contributed by atoms with van der Waals surface area (Å²) < 4.78 is 5.65. The smallest absolute Gasteiger partial charge is 0.106 e. The summed E-state index contributed by atoms with van der Waals surface area (Å²) in [5.41, 5.74) is 8.68. The number of hydrogen-bond donors (Lipinski definition) is 1. The third kappa shape index (κ3) is 2.17. The molecule has 92 valence electrons. The summed E-state index contributed by atoms with van der Waals surface area (Å²) >= 11 is 1.80. The second-order valence-electron chi connectivity index (χ2n) is 4.39. The second-order valence-corrected chi connectivity index (χ2v) is 5.59. The van der Waals surface area contributed by atoms with Gasteiger partial charge in [0.05, 0.1) is 6.04 Å². The standard InChI is InChI=1S/C14H19NOS/c1-5-11-6-7-12(17-11)14(15)13-8(2)9(3)16-10(13)4/h6-7,14H,5,15H2,1-4H3. The van der Waals surface area contributed by atoms with Gasteiger partial charge in [-0.3, -0.25) is 0 Å². The average Bonchev–Trinajstić information content (AvgIpc) is 2.85. The Morgan fingerprint density at radius 3 is 2.41 bits per heavy atom. The van der Waals surface area contributed by atoms with Crippen LogP contribution in [0, 0.1) is 20.8 Å². The first-order valence-electron chi connectivity index (χ1n) is 5.95. The molecule has 0 bridgehead atoms. The zero-order valence-corrected chi connectivity index (χ0v) is 11.6. The van der Waals surface area contributed by atoms with Gasteiger partial charge in [0.15, 0.2) is 0 Å². The summed E-state index contributed by atoms with van der Waals surface area (Å²) in [6.07, 6.45) is 1.07. The topological polar surface area (TPSA) is 39.2 Å². The molecule has 0 radical (unpaired) electrons. The van der Waals surface area contributed by atoms with E-state index in [2.05, 4.69) is 26.0 Å². The second kappa shape index (κ2) is 4.67. The molecule has 0 amide bonds. The highest BCUT2D eigenvalue weighted by Gasteiger charge is 2.20. The number of thiophene rings is 1. The Morgan fingerprint density at radius 2 is 1.94 bits per heavy atom. The maximum Gasteiger partial charge on any atom is 0.106 e. The van der Waals surface area contributed by atoms with Crippen LogP contribution in [0.5, 0.6) is 0 Å². The molecule has 0 aliphatic heterocycles. The molecule has 2 rings (SSSR count). The van der Waals surface area contributed by atoms with Gasteiger partial charge in [0.1, 0.15) is 11.5 Å². The minimum absolute atomic E-state index is 0.0576. The summed E-state index contributed by atoms with van der Waals surface area (Å²) in [6.45, 7) is 8.23. The fourth-order valence-electron chi connectivity index (χ4n) is 2.16. The van der Waals surface area contributed by atoms with Crippen LogP contribution in [0.2, 0.25) is 0 Å². The predicted molar refractivity (Wildman–Crippen MR) is 72.6 cm³/mol.